The molecule has 3 rings (SSSR count). The summed E-state index contributed by atoms with van der Waals surface area (Å²) in [6, 6.07) is 6.94. The maximum absolute atomic E-state index is 12.3. The summed E-state index contributed by atoms with van der Waals surface area (Å²) >= 11 is 0. The topological polar surface area (TPSA) is 93.5 Å². The first-order valence-electron chi connectivity index (χ1n) is 8.19. The molecule has 1 heterocycles. The normalized spacial score (nSPS) is 14.2. The highest BCUT2D eigenvalue weighted by molar-refractivity contribution is 6.04. The number of ether oxygens (including phenoxy) is 1. The second kappa shape index (κ2) is 6.58. The van der Waals surface area contributed by atoms with Crippen LogP contribution in [0.15, 0.2) is 36.7 Å². The van der Waals surface area contributed by atoms with Crippen molar-refractivity contribution in [3.63, 3.8) is 0 Å². The molecular weight excluding hydrogens is 322 g/mol. The molecule has 1 saturated carbocycles. The van der Waals surface area contributed by atoms with Crippen molar-refractivity contribution in [3.8, 4) is 5.75 Å². The molecule has 132 valence electrons. The number of nitrogens with one attached hydrogen (secondary N) is 1. The first kappa shape index (κ1) is 17.0. The van der Waals surface area contributed by atoms with E-state index in [1.54, 1.807) is 24.3 Å². The van der Waals surface area contributed by atoms with Crippen LogP contribution in [0, 0.1) is 5.92 Å². The Morgan fingerprint density at radius 3 is 2.60 bits per heavy atom. The summed E-state index contributed by atoms with van der Waals surface area (Å²) in [4.78, 5) is 23.5. The lowest BCUT2D eigenvalue weighted by molar-refractivity contribution is -0.146. The summed E-state index contributed by atoms with van der Waals surface area (Å²) in [6.45, 7) is 3.80. The molecule has 1 aliphatic carbocycles. The number of hydrogen-bond donors (Lipinski definition) is 2. The summed E-state index contributed by atoms with van der Waals surface area (Å²) in [5, 5.41) is 15.9. The first-order valence-corrected chi connectivity index (χ1v) is 8.19. The van der Waals surface area contributed by atoms with Crippen molar-refractivity contribution in [1.82, 2.24) is 9.78 Å². The van der Waals surface area contributed by atoms with Crippen LogP contribution in [0.2, 0.25) is 0 Å². The monoisotopic (exact) mass is 343 g/mol. The molecule has 0 radical (unpaired) electrons. The number of carboxylic acids is 1. The molecule has 2 N–H and O–H groups in total. The van der Waals surface area contributed by atoms with E-state index in [2.05, 4.69) is 10.4 Å². The van der Waals surface area contributed by atoms with Gasteiger partial charge in [-0.1, -0.05) is 0 Å². The number of nitrogens with zero attached hydrogens (tertiary/aromatic N) is 2. The number of aromatic nitrogens is 2. The molecule has 0 saturated heterocycles. The van der Waals surface area contributed by atoms with E-state index < -0.39 is 11.5 Å². The Morgan fingerprint density at radius 1 is 1.32 bits per heavy atom. The van der Waals surface area contributed by atoms with Crippen molar-refractivity contribution in [1.29, 1.82) is 0 Å². The fourth-order valence-electron chi connectivity index (χ4n) is 2.20. The molecule has 0 unspecified atom stereocenters. The van der Waals surface area contributed by atoms with E-state index in [0.29, 0.717) is 17.2 Å². The molecule has 0 atom stereocenters. The van der Waals surface area contributed by atoms with Crippen LogP contribution in [0.4, 0.5) is 5.69 Å². The number of hydrogen-bond acceptors (Lipinski definition) is 4. The fourth-order valence-corrected chi connectivity index (χ4v) is 2.20. The van der Waals surface area contributed by atoms with Gasteiger partial charge in [-0.2, -0.15) is 5.10 Å². The Labute approximate surface area is 145 Å². The van der Waals surface area contributed by atoms with Crippen LogP contribution in [-0.2, 0) is 10.3 Å². The highest BCUT2D eigenvalue weighted by Gasteiger charge is 2.30. The van der Waals surface area contributed by atoms with Gasteiger partial charge in [0.15, 0.2) is 5.54 Å². The van der Waals surface area contributed by atoms with Gasteiger partial charge >= 0.3 is 5.97 Å². The van der Waals surface area contributed by atoms with Gasteiger partial charge in [0.25, 0.3) is 5.91 Å². The van der Waals surface area contributed by atoms with Crippen LogP contribution >= 0.6 is 0 Å². The highest BCUT2D eigenvalue weighted by Crippen LogP contribution is 2.29. The number of rotatable bonds is 7. The molecule has 1 aromatic carbocycles. The van der Waals surface area contributed by atoms with Crippen LogP contribution < -0.4 is 10.1 Å². The lowest BCUT2D eigenvalue weighted by Gasteiger charge is -2.19. The van der Waals surface area contributed by atoms with Crippen LogP contribution in [0.3, 0.4) is 0 Å². The fraction of sp³-hybridized carbons (Fsp3) is 0.389. The number of carbonyl (C=O) groups is 2. The third-order valence-corrected chi connectivity index (χ3v) is 4.24. The minimum Gasteiger partial charge on any atom is -0.493 e. The van der Waals surface area contributed by atoms with E-state index in [4.69, 9.17) is 4.74 Å². The predicted octanol–water partition coefficient (Wildman–Crippen LogP) is 2.74. The number of carboxylic acid groups (broad SMARTS) is 1. The van der Waals surface area contributed by atoms with Gasteiger partial charge in [-0.3, -0.25) is 9.48 Å². The quantitative estimate of drug-likeness (QED) is 0.806. The Balaban J connectivity index is 1.62. The van der Waals surface area contributed by atoms with Gasteiger partial charge in [-0.25, -0.2) is 4.79 Å². The van der Waals surface area contributed by atoms with E-state index in [0.717, 1.165) is 12.4 Å². The maximum Gasteiger partial charge on any atom is 0.331 e. The summed E-state index contributed by atoms with van der Waals surface area (Å²) in [6.07, 6.45) is 5.38. The number of anilines is 1. The number of aliphatic carboxylic acids is 1. The Kier molecular flexibility index (Phi) is 4.48. The van der Waals surface area contributed by atoms with Crippen LogP contribution in [0.1, 0.15) is 37.0 Å². The van der Waals surface area contributed by atoms with E-state index in [9.17, 15) is 14.7 Å². The number of benzene rings is 1. The van der Waals surface area contributed by atoms with Crippen molar-refractivity contribution in [3.05, 3.63) is 42.2 Å². The van der Waals surface area contributed by atoms with E-state index in [1.165, 1.54) is 43.8 Å². The molecule has 0 aliphatic heterocycles. The van der Waals surface area contributed by atoms with Gasteiger partial charge in [-0.15, -0.1) is 0 Å². The molecule has 0 spiro atoms. The standard InChI is InChI=1S/C18H21N3O4/c1-18(2,17(23)24)21-10-14(9-19-21)20-16(22)13-5-7-15(8-6-13)25-11-12-3-4-12/h5-10,12H,3-4,11H2,1-2H3,(H,20,22)(H,23,24). The predicted molar refractivity (Wildman–Crippen MR) is 91.8 cm³/mol. The zero-order valence-corrected chi connectivity index (χ0v) is 14.2. The zero-order chi connectivity index (χ0) is 18.0. The summed E-state index contributed by atoms with van der Waals surface area (Å²) in [7, 11) is 0. The second-order valence-electron chi connectivity index (χ2n) is 6.77. The van der Waals surface area contributed by atoms with Gasteiger partial charge in [0.05, 0.1) is 18.5 Å². The van der Waals surface area contributed by atoms with E-state index >= 15 is 0 Å². The van der Waals surface area contributed by atoms with Crippen molar-refractivity contribution in [2.75, 3.05) is 11.9 Å². The Hall–Kier alpha value is -2.83. The minimum absolute atomic E-state index is 0.290. The molecule has 1 fully saturated rings. The second-order valence-corrected chi connectivity index (χ2v) is 6.77. The molecule has 7 nitrogen and oxygen atoms in total. The van der Waals surface area contributed by atoms with Gasteiger partial charge in [-0.05, 0) is 56.9 Å². The third-order valence-electron chi connectivity index (χ3n) is 4.24. The minimum atomic E-state index is -1.19. The molecule has 1 amide bonds. The average molecular weight is 343 g/mol. The molecule has 1 aliphatic rings. The SMILES string of the molecule is CC(C)(C(=O)O)n1cc(NC(=O)c2ccc(OCC3CC3)cc2)cn1. The molecule has 1 aromatic heterocycles. The third kappa shape index (κ3) is 3.99. The number of carbonyl (C=O) groups excluding carboxylic acids is 1. The maximum atomic E-state index is 12.3. The van der Waals surface area contributed by atoms with Crippen LogP contribution in [0.25, 0.3) is 0 Å². The lowest BCUT2D eigenvalue weighted by Crippen LogP contribution is -2.35. The van der Waals surface area contributed by atoms with Gasteiger partial charge in [0, 0.05) is 11.8 Å². The molecule has 2 aromatic rings. The first-order chi connectivity index (χ1) is 11.9. The largest absolute Gasteiger partial charge is 0.493 e. The lowest BCUT2D eigenvalue weighted by atomic mass is 10.1. The van der Waals surface area contributed by atoms with E-state index in [1.807, 2.05) is 0 Å². The molecule has 25 heavy (non-hydrogen) atoms. The van der Waals surface area contributed by atoms with Crippen molar-refractivity contribution >= 4 is 17.6 Å². The number of amides is 1. The smallest absolute Gasteiger partial charge is 0.331 e. The molecular formula is C18H21N3O4. The summed E-state index contributed by atoms with van der Waals surface area (Å²) in [5.74, 6) is 0.130. The van der Waals surface area contributed by atoms with Gasteiger partial charge in [0.1, 0.15) is 5.75 Å². The highest BCUT2D eigenvalue weighted by atomic mass is 16.5. The van der Waals surface area contributed by atoms with Crippen LogP contribution in [-0.4, -0.2) is 33.4 Å². The zero-order valence-electron chi connectivity index (χ0n) is 14.2. The Bertz CT molecular complexity index is 776. The molecule has 0 bridgehead atoms. The summed E-state index contributed by atoms with van der Waals surface area (Å²) in [5.41, 5.74) is -0.263. The van der Waals surface area contributed by atoms with Crippen molar-refractivity contribution in [2.24, 2.45) is 5.92 Å². The molecule has 7 heteroatoms. The van der Waals surface area contributed by atoms with Crippen LogP contribution in [0.5, 0.6) is 5.75 Å². The van der Waals surface area contributed by atoms with Gasteiger partial charge in [0.2, 0.25) is 0 Å². The van der Waals surface area contributed by atoms with E-state index in [-0.39, 0.29) is 5.91 Å². The Morgan fingerprint density at radius 2 is 2.00 bits per heavy atom. The van der Waals surface area contributed by atoms with Crippen molar-refractivity contribution < 1.29 is 19.4 Å². The average Bonchev–Trinajstić information content (AvgIpc) is 3.30. The van der Waals surface area contributed by atoms with Gasteiger partial charge < -0.3 is 15.2 Å². The summed E-state index contributed by atoms with van der Waals surface area (Å²) < 4.78 is 6.95. The van der Waals surface area contributed by atoms with Crippen molar-refractivity contribution in [2.45, 2.75) is 32.2 Å².